The maximum atomic E-state index is 5.92. The lowest BCUT2D eigenvalue weighted by atomic mass is 10.1. The number of nitrogens with zero attached hydrogens (tertiary/aromatic N) is 2. The van der Waals surface area contributed by atoms with Crippen LogP contribution in [0.2, 0.25) is 0 Å². The van der Waals surface area contributed by atoms with Gasteiger partial charge in [-0.1, -0.05) is 0 Å². The summed E-state index contributed by atoms with van der Waals surface area (Å²) in [6.07, 6.45) is 3.61. The van der Waals surface area contributed by atoms with Crippen molar-refractivity contribution in [2.45, 2.75) is 37.4 Å². The van der Waals surface area contributed by atoms with Gasteiger partial charge in [0.25, 0.3) is 0 Å². The van der Waals surface area contributed by atoms with Gasteiger partial charge in [0.2, 0.25) is 0 Å². The lowest BCUT2D eigenvalue weighted by Gasteiger charge is -2.38. The third kappa shape index (κ3) is 3.17. The summed E-state index contributed by atoms with van der Waals surface area (Å²) < 4.78 is 0. The van der Waals surface area contributed by atoms with Crippen LogP contribution in [-0.4, -0.2) is 68.2 Å². The Hall–Kier alpha value is -0.160. The molecule has 94 valence electrons. The van der Waals surface area contributed by atoms with E-state index in [0.717, 1.165) is 13.0 Å². The number of likely N-dealkylation sites (N-methyl/N-ethyl adjacent to an activating group) is 2. The SMILES string of the molecule is CN1CCN(C)C(CNC2CCC(N)C2)C1. The summed E-state index contributed by atoms with van der Waals surface area (Å²) in [5, 5.41) is 3.68. The van der Waals surface area contributed by atoms with Crippen molar-refractivity contribution in [2.24, 2.45) is 5.73 Å². The fourth-order valence-corrected chi connectivity index (χ4v) is 2.83. The Kier molecular flexibility index (Phi) is 4.19. The minimum absolute atomic E-state index is 0.434. The van der Waals surface area contributed by atoms with Crippen molar-refractivity contribution in [3.05, 3.63) is 0 Å². The minimum atomic E-state index is 0.434. The number of hydrogen-bond acceptors (Lipinski definition) is 4. The molecule has 16 heavy (non-hydrogen) atoms. The van der Waals surface area contributed by atoms with E-state index in [1.807, 2.05) is 0 Å². The predicted molar refractivity (Wildman–Crippen MR) is 67.5 cm³/mol. The van der Waals surface area contributed by atoms with Crippen LogP contribution in [0.15, 0.2) is 0 Å². The lowest BCUT2D eigenvalue weighted by molar-refractivity contribution is 0.111. The first-order valence-corrected chi connectivity index (χ1v) is 6.53. The zero-order chi connectivity index (χ0) is 11.5. The highest BCUT2D eigenvalue weighted by Crippen LogP contribution is 2.17. The minimum Gasteiger partial charge on any atom is -0.328 e. The molecule has 0 radical (unpaired) electrons. The average molecular weight is 226 g/mol. The van der Waals surface area contributed by atoms with Crippen LogP contribution in [0.1, 0.15) is 19.3 Å². The molecule has 1 heterocycles. The van der Waals surface area contributed by atoms with E-state index in [1.165, 1.54) is 32.5 Å². The monoisotopic (exact) mass is 226 g/mol. The molecular formula is C12H26N4. The molecule has 0 aromatic heterocycles. The number of rotatable bonds is 3. The van der Waals surface area contributed by atoms with E-state index in [1.54, 1.807) is 0 Å². The summed E-state index contributed by atoms with van der Waals surface area (Å²) in [5.74, 6) is 0. The molecule has 3 atom stereocenters. The predicted octanol–water partition coefficient (Wildman–Crippen LogP) is -0.298. The van der Waals surface area contributed by atoms with E-state index in [9.17, 15) is 0 Å². The van der Waals surface area contributed by atoms with Gasteiger partial charge in [0.05, 0.1) is 0 Å². The first-order valence-electron chi connectivity index (χ1n) is 6.53. The molecule has 1 aliphatic heterocycles. The standard InChI is InChI=1S/C12H26N4/c1-15-5-6-16(2)12(9-15)8-14-11-4-3-10(13)7-11/h10-12,14H,3-9,13H2,1-2H3. The number of hydrogen-bond donors (Lipinski definition) is 2. The summed E-state index contributed by atoms with van der Waals surface area (Å²) in [5.41, 5.74) is 5.92. The van der Waals surface area contributed by atoms with Crippen LogP contribution < -0.4 is 11.1 Å². The smallest absolute Gasteiger partial charge is 0.0345 e. The largest absolute Gasteiger partial charge is 0.328 e. The van der Waals surface area contributed by atoms with Crippen molar-refractivity contribution in [1.29, 1.82) is 0 Å². The molecule has 3 unspecified atom stereocenters. The topological polar surface area (TPSA) is 44.5 Å². The van der Waals surface area contributed by atoms with Crippen molar-refractivity contribution in [1.82, 2.24) is 15.1 Å². The van der Waals surface area contributed by atoms with Gasteiger partial charge in [0.15, 0.2) is 0 Å². The highest BCUT2D eigenvalue weighted by atomic mass is 15.3. The second kappa shape index (κ2) is 5.45. The number of nitrogens with one attached hydrogen (secondary N) is 1. The summed E-state index contributed by atoms with van der Waals surface area (Å²) in [4.78, 5) is 4.90. The van der Waals surface area contributed by atoms with E-state index >= 15 is 0 Å². The second-order valence-corrected chi connectivity index (χ2v) is 5.57. The summed E-state index contributed by atoms with van der Waals surface area (Å²) >= 11 is 0. The molecule has 4 heteroatoms. The molecule has 0 bridgehead atoms. The fraction of sp³-hybridized carbons (Fsp3) is 1.00. The van der Waals surface area contributed by atoms with Gasteiger partial charge in [-0.05, 0) is 33.4 Å². The fourth-order valence-electron chi connectivity index (χ4n) is 2.83. The molecular weight excluding hydrogens is 200 g/mol. The Morgan fingerprint density at radius 2 is 2.06 bits per heavy atom. The molecule has 1 saturated carbocycles. The van der Waals surface area contributed by atoms with Crippen LogP contribution in [0.3, 0.4) is 0 Å². The Balaban J connectivity index is 1.72. The van der Waals surface area contributed by atoms with Crippen LogP contribution in [0.5, 0.6) is 0 Å². The normalized spacial score (nSPS) is 38.1. The summed E-state index contributed by atoms with van der Waals surface area (Å²) in [6, 6.07) is 1.76. The molecule has 2 rings (SSSR count). The Morgan fingerprint density at radius 3 is 2.75 bits per heavy atom. The quantitative estimate of drug-likeness (QED) is 0.694. The third-order valence-electron chi connectivity index (χ3n) is 4.10. The van der Waals surface area contributed by atoms with Crippen molar-refractivity contribution in [3.8, 4) is 0 Å². The number of nitrogens with two attached hydrogens (primary N) is 1. The molecule has 0 amide bonds. The first kappa shape index (κ1) is 12.3. The maximum Gasteiger partial charge on any atom is 0.0345 e. The zero-order valence-electron chi connectivity index (χ0n) is 10.7. The van der Waals surface area contributed by atoms with Gasteiger partial charge in [0, 0.05) is 44.3 Å². The van der Waals surface area contributed by atoms with E-state index < -0.39 is 0 Å². The van der Waals surface area contributed by atoms with E-state index in [2.05, 4.69) is 29.2 Å². The van der Waals surface area contributed by atoms with Gasteiger partial charge >= 0.3 is 0 Å². The third-order valence-corrected chi connectivity index (χ3v) is 4.10. The van der Waals surface area contributed by atoms with Crippen LogP contribution in [0.4, 0.5) is 0 Å². The van der Waals surface area contributed by atoms with E-state index in [4.69, 9.17) is 5.73 Å². The van der Waals surface area contributed by atoms with Crippen molar-refractivity contribution < 1.29 is 0 Å². The van der Waals surface area contributed by atoms with Crippen LogP contribution in [-0.2, 0) is 0 Å². The second-order valence-electron chi connectivity index (χ2n) is 5.57. The van der Waals surface area contributed by atoms with Crippen molar-refractivity contribution in [3.63, 3.8) is 0 Å². The van der Waals surface area contributed by atoms with Crippen LogP contribution >= 0.6 is 0 Å². The van der Waals surface area contributed by atoms with Crippen molar-refractivity contribution >= 4 is 0 Å². The molecule has 4 nitrogen and oxygen atoms in total. The summed E-state index contributed by atoms with van der Waals surface area (Å²) in [6.45, 7) is 4.68. The molecule has 1 aliphatic carbocycles. The molecule has 3 N–H and O–H groups in total. The van der Waals surface area contributed by atoms with Gasteiger partial charge in [0.1, 0.15) is 0 Å². The van der Waals surface area contributed by atoms with Gasteiger partial charge in [-0.25, -0.2) is 0 Å². The van der Waals surface area contributed by atoms with Crippen LogP contribution in [0, 0.1) is 0 Å². The van der Waals surface area contributed by atoms with E-state index in [0.29, 0.717) is 18.1 Å². The Morgan fingerprint density at radius 1 is 1.25 bits per heavy atom. The van der Waals surface area contributed by atoms with E-state index in [-0.39, 0.29) is 0 Å². The molecule has 0 aromatic rings. The molecule has 2 fully saturated rings. The van der Waals surface area contributed by atoms with Crippen LogP contribution in [0.25, 0.3) is 0 Å². The molecule has 0 spiro atoms. The van der Waals surface area contributed by atoms with Crippen molar-refractivity contribution in [2.75, 3.05) is 40.3 Å². The highest BCUT2D eigenvalue weighted by molar-refractivity contribution is 4.86. The summed E-state index contributed by atoms with van der Waals surface area (Å²) in [7, 11) is 4.45. The van der Waals surface area contributed by atoms with Gasteiger partial charge in [-0.2, -0.15) is 0 Å². The Bertz CT molecular complexity index is 221. The lowest BCUT2D eigenvalue weighted by Crippen LogP contribution is -2.54. The molecule has 2 aliphatic rings. The molecule has 1 saturated heterocycles. The first-order chi connectivity index (χ1) is 7.65. The van der Waals surface area contributed by atoms with Gasteiger partial charge < -0.3 is 16.0 Å². The average Bonchev–Trinajstić information content (AvgIpc) is 2.66. The zero-order valence-corrected chi connectivity index (χ0v) is 10.7. The number of piperazine rings is 1. The van der Waals surface area contributed by atoms with Gasteiger partial charge in [-0.3, -0.25) is 4.90 Å². The molecule has 0 aromatic carbocycles. The Labute approximate surface area is 99.2 Å². The highest BCUT2D eigenvalue weighted by Gasteiger charge is 2.25. The van der Waals surface area contributed by atoms with Gasteiger partial charge in [-0.15, -0.1) is 0 Å². The maximum absolute atomic E-state index is 5.92.